The van der Waals surface area contributed by atoms with Gasteiger partial charge in [0.15, 0.2) is 0 Å². The van der Waals surface area contributed by atoms with E-state index in [9.17, 15) is 4.89 Å². The number of hydrogen-bond acceptors (Lipinski definition) is 8. The van der Waals surface area contributed by atoms with Crippen molar-refractivity contribution in [2.75, 3.05) is 39.0 Å². The number of ether oxygens (including phenoxy) is 2. The minimum absolute atomic E-state index is 0.112. The van der Waals surface area contributed by atoms with Gasteiger partial charge in [-0.15, -0.1) is 0 Å². The van der Waals surface area contributed by atoms with Crippen molar-refractivity contribution in [1.82, 2.24) is 4.68 Å². The van der Waals surface area contributed by atoms with Crippen LogP contribution in [0.3, 0.4) is 0 Å². The van der Waals surface area contributed by atoms with Crippen LogP contribution in [-0.2, 0) is 24.9 Å². The summed E-state index contributed by atoms with van der Waals surface area (Å²) in [5, 5.41) is 0. The Bertz CT molecular complexity index is 1000. The van der Waals surface area contributed by atoms with Gasteiger partial charge in [0.25, 0.3) is 0 Å². The first-order chi connectivity index (χ1) is 23.0. The fraction of sp³-hybridized carbons (Fsp3) is 0.757. The normalized spacial score (nSPS) is 15.1. The van der Waals surface area contributed by atoms with Gasteiger partial charge in [-0.05, 0) is 43.9 Å². The largest absolute Gasteiger partial charge is 0.382 e. The van der Waals surface area contributed by atoms with Crippen LogP contribution in [0.25, 0.3) is 0 Å². The van der Waals surface area contributed by atoms with Gasteiger partial charge in [0.1, 0.15) is 18.2 Å². The molecule has 0 aliphatic carbocycles. The van der Waals surface area contributed by atoms with Crippen LogP contribution in [0.2, 0.25) is 0 Å². The van der Waals surface area contributed by atoms with Crippen LogP contribution in [0, 0.1) is 0 Å². The number of fused-ring (bicyclic) bond motifs is 1. The Morgan fingerprint density at radius 3 is 2.06 bits per heavy atom. The predicted molar refractivity (Wildman–Crippen MR) is 197 cm³/mol. The van der Waals surface area contributed by atoms with Crippen molar-refractivity contribution in [2.45, 2.75) is 148 Å². The molecule has 9 nitrogen and oxygen atoms in total. The van der Waals surface area contributed by atoms with Gasteiger partial charge in [-0.25, -0.2) is 4.99 Å². The van der Waals surface area contributed by atoms with Crippen molar-refractivity contribution in [3.05, 3.63) is 47.8 Å². The zero-order chi connectivity index (χ0) is 34.0. The second-order valence-corrected chi connectivity index (χ2v) is 13.7. The van der Waals surface area contributed by atoms with Crippen molar-refractivity contribution in [3.8, 4) is 0 Å². The average molecular weight is 679 g/mol. The Morgan fingerprint density at radius 1 is 0.936 bits per heavy atom. The number of aliphatic imine (C=N–C) groups is 1. The summed E-state index contributed by atoms with van der Waals surface area (Å²) in [4.78, 5) is 14.7. The van der Waals surface area contributed by atoms with Crippen molar-refractivity contribution in [1.29, 1.82) is 0 Å². The molecule has 1 aromatic rings. The van der Waals surface area contributed by atoms with Gasteiger partial charge in [-0.1, -0.05) is 128 Å². The number of allylic oxidation sites excluding steroid dienone is 1. The SMILES string of the molecule is C=C/C(=C\C)COC(CCCCCCCCCCCCCCCCCC)COP(O)OCC(CCc1ccc2n1NCN=C2N)OC. The lowest BCUT2D eigenvalue weighted by atomic mass is 10.0. The Kier molecular flexibility index (Phi) is 23.9. The van der Waals surface area contributed by atoms with E-state index in [0.717, 1.165) is 42.6 Å². The van der Waals surface area contributed by atoms with Crippen LogP contribution in [0.15, 0.2) is 41.4 Å². The summed E-state index contributed by atoms with van der Waals surface area (Å²) in [7, 11) is -0.380. The number of unbranched alkanes of at least 4 members (excludes halogenated alkanes) is 15. The highest BCUT2D eigenvalue weighted by Gasteiger charge is 2.19. The molecule has 1 aliphatic heterocycles. The van der Waals surface area contributed by atoms with E-state index in [1.165, 1.54) is 96.3 Å². The van der Waals surface area contributed by atoms with Crippen molar-refractivity contribution >= 4 is 14.4 Å². The Hall–Kier alpha value is -1.74. The van der Waals surface area contributed by atoms with Gasteiger partial charge in [0, 0.05) is 12.8 Å². The lowest BCUT2D eigenvalue weighted by molar-refractivity contribution is 0.0127. The minimum atomic E-state index is -2.04. The Balaban J connectivity index is 1.59. The number of nitrogens with two attached hydrogens (primary N) is 1. The first kappa shape index (κ1) is 41.4. The highest BCUT2D eigenvalue weighted by atomic mass is 31.2. The van der Waals surface area contributed by atoms with E-state index >= 15 is 0 Å². The fourth-order valence-corrected chi connectivity index (χ4v) is 6.51. The van der Waals surface area contributed by atoms with E-state index in [4.69, 9.17) is 24.3 Å². The topological polar surface area (TPSA) is 112 Å². The summed E-state index contributed by atoms with van der Waals surface area (Å²) in [5.41, 5.74) is 12.2. The number of methoxy groups -OCH3 is 1. The van der Waals surface area contributed by atoms with E-state index in [1.54, 1.807) is 7.11 Å². The first-order valence-electron chi connectivity index (χ1n) is 18.4. The fourth-order valence-electron chi connectivity index (χ4n) is 5.85. The highest BCUT2D eigenvalue weighted by molar-refractivity contribution is 7.40. The van der Waals surface area contributed by atoms with Crippen molar-refractivity contribution < 1.29 is 23.4 Å². The summed E-state index contributed by atoms with van der Waals surface area (Å²) in [5.74, 6) is 0.535. The molecule has 0 aromatic carbocycles. The summed E-state index contributed by atoms with van der Waals surface area (Å²) in [6.45, 7) is 9.61. The maximum atomic E-state index is 10.5. The Labute approximate surface area is 287 Å². The van der Waals surface area contributed by atoms with Crippen LogP contribution >= 0.6 is 8.60 Å². The summed E-state index contributed by atoms with van der Waals surface area (Å²) in [6.07, 6.45) is 27.5. The molecular formula is C37H67N4O5P. The summed E-state index contributed by atoms with van der Waals surface area (Å²) < 4.78 is 25.2. The van der Waals surface area contributed by atoms with Crippen molar-refractivity contribution in [2.24, 2.45) is 10.7 Å². The number of nitrogens with zero attached hydrogens (tertiary/aromatic N) is 2. The molecule has 0 amide bonds. The molecular weight excluding hydrogens is 611 g/mol. The molecule has 3 unspecified atom stereocenters. The Morgan fingerprint density at radius 2 is 1.51 bits per heavy atom. The standard InChI is InChI=1S/C37H67N4O5P/c1-5-8-9-10-11-12-13-14-15-16-17-18-19-20-21-22-23-35(44-28-32(6-2)7-3)30-46-47(42)45-29-34(43-4)26-24-33-25-27-36-37(38)39-31-40-41(33)36/h6-7,25,27,34-35,40,42H,2,5,8-24,26,28-31H2,1,3-4H3,(H2,38,39)/b32-7+. The van der Waals surface area contributed by atoms with Crippen LogP contribution in [0.1, 0.15) is 141 Å². The molecule has 270 valence electrons. The molecule has 0 saturated heterocycles. The van der Waals surface area contributed by atoms with Gasteiger partial charge in [-0.3, -0.25) is 4.68 Å². The first-order valence-corrected chi connectivity index (χ1v) is 19.6. The highest BCUT2D eigenvalue weighted by Crippen LogP contribution is 2.34. The van der Waals surface area contributed by atoms with E-state index in [2.05, 4.69) is 23.9 Å². The number of aromatic nitrogens is 1. The van der Waals surface area contributed by atoms with Crippen molar-refractivity contribution in [3.63, 3.8) is 0 Å². The lowest BCUT2D eigenvalue weighted by Crippen LogP contribution is -2.32. The van der Waals surface area contributed by atoms with Gasteiger partial charge < -0.3 is 34.6 Å². The molecule has 0 spiro atoms. The van der Waals surface area contributed by atoms with Crippen LogP contribution < -0.4 is 11.2 Å². The quantitative estimate of drug-likeness (QED) is 0.0408. The third-order valence-corrected chi connectivity index (χ3v) is 9.74. The third-order valence-electron chi connectivity index (χ3n) is 9.00. The lowest BCUT2D eigenvalue weighted by Gasteiger charge is -2.22. The zero-order valence-electron chi connectivity index (χ0n) is 29.9. The molecule has 0 radical (unpaired) electrons. The molecule has 10 heteroatoms. The van der Waals surface area contributed by atoms with Gasteiger partial charge in [0.2, 0.25) is 0 Å². The van der Waals surface area contributed by atoms with Crippen LogP contribution in [-0.4, -0.2) is 61.2 Å². The van der Waals surface area contributed by atoms with E-state index in [-0.39, 0.29) is 25.4 Å². The molecule has 0 bridgehead atoms. The number of nitrogens with one attached hydrogen (secondary N) is 1. The van der Waals surface area contributed by atoms with Gasteiger partial charge in [-0.2, -0.15) is 0 Å². The third kappa shape index (κ3) is 18.6. The average Bonchev–Trinajstić information content (AvgIpc) is 3.51. The second kappa shape index (κ2) is 27.1. The molecule has 2 heterocycles. The molecule has 0 saturated carbocycles. The minimum Gasteiger partial charge on any atom is -0.382 e. The van der Waals surface area contributed by atoms with Crippen LogP contribution in [0.4, 0.5) is 0 Å². The molecule has 1 aliphatic rings. The summed E-state index contributed by atoms with van der Waals surface area (Å²) >= 11 is 0. The van der Waals surface area contributed by atoms with E-state index < -0.39 is 8.60 Å². The number of rotatable bonds is 31. The summed E-state index contributed by atoms with van der Waals surface area (Å²) in [6, 6.07) is 4.00. The number of amidine groups is 1. The number of hydrogen-bond donors (Lipinski definition) is 3. The molecule has 4 N–H and O–H groups in total. The molecule has 47 heavy (non-hydrogen) atoms. The predicted octanol–water partition coefficient (Wildman–Crippen LogP) is 9.08. The molecule has 3 atom stereocenters. The smallest absolute Gasteiger partial charge is 0.330 e. The van der Waals surface area contributed by atoms with E-state index in [0.29, 0.717) is 19.1 Å². The van der Waals surface area contributed by atoms with Gasteiger partial charge in [0.05, 0.1) is 32.0 Å². The maximum Gasteiger partial charge on any atom is 0.330 e. The van der Waals surface area contributed by atoms with E-state index in [1.807, 2.05) is 35.9 Å². The second-order valence-electron chi connectivity index (χ2n) is 12.7. The molecule has 2 rings (SSSR count). The monoisotopic (exact) mass is 678 g/mol. The number of aryl methyl sites for hydroxylation is 1. The van der Waals surface area contributed by atoms with Crippen LogP contribution in [0.5, 0.6) is 0 Å². The maximum absolute atomic E-state index is 10.5. The zero-order valence-corrected chi connectivity index (χ0v) is 30.8. The molecule has 1 aromatic heterocycles. The molecule has 0 fully saturated rings. The van der Waals surface area contributed by atoms with Gasteiger partial charge >= 0.3 is 8.60 Å².